The predicted octanol–water partition coefficient (Wildman–Crippen LogP) is 6.06. The Morgan fingerprint density at radius 3 is 2.55 bits per heavy atom. The highest BCUT2D eigenvalue weighted by atomic mass is 79.9. The van der Waals surface area contributed by atoms with E-state index in [9.17, 15) is 9.59 Å². The fraction of sp³-hybridized carbons (Fsp3) is 0.333. The van der Waals surface area contributed by atoms with Gasteiger partial charge in [-0.05, 0) is 43.5 Å². The van der Waals surface area contributed by atoms with Gasteiger partial charge in [-0.1, -0.05) is 77.7 Å². The van der Waals surface area contributed by atoms with E-state index in [-0.39, 0.29) is 11.8 Å². The smallest absolute Gasteiger partial charge is 0.328 e. The van der Waals surface area contributed by atoms with Crippen LogP contribution in [0.25, 0.3) is 0 Å². The third kappa shape index (κ3) is 7.50. The normalized spacial score (nSPS) is 16.1. The van der Waals surface area contributed by atoms with Crippen molar-refractivity contribution in [3.8, 4) is 0 Å². The summed E-state index contributed by atoms with van der Waals surface area (Å²) >= 11 is 3.50. The summed E-state index contributed by atoms with van der Waals surface area (Å²) in [7, 11) is 0. The maximum atomic E-state index is 13.3. The van der Waals surface area contributed by atoms with Crippen LogP contribution >= 0.6 is 15.9 Å². The van der Waals surface area contributed by atoms with Gasteiger partial charge in [0.05, 0.1) is 6.54 Å². The van der Waals surface area contributed by atoms with Crippen LogP contribution in [0.3, 0.4) is 0 Å². The first-order chi connectivity index (χ1) is 13.9. The minimum atomic E-state index is -0.982. The van der Waals surface area contributed by atoms with Crippen LogP contribution in [0.1, 0.15) is 39.0 Å². The third-order valence-electron chi connectivity index (χ3n) is 4.99. The van der Waals surface area contributed by atoms with E-state index in [2.05, 4.69) is 22.5 Å². The van der Waals surface area contributed by atoms with Crippen molar-refractivity contribution in [3.63, 3.8) is 0 Å². The molecule has 1 saturated carbocycles. The molecule has 0 saturated heterocycles. The van der Waals surface area contributed by atoms with Crippen LogP contribution in [0.2, 0.25) is 0 Å². The second-order valence-corrected chi connectivity index (χ2v) is 8.18. The zero-order valence-corrected chi connectivity index (χ0v) is 18.4. The largest absolute Gasteiger partial charge is 0.478 e. The number of rotatable bonds is 8. The van der Waals surface area contributed by atoms with Crippen molar-refractivity contribution in [1.29, 1.82) is 0 Å². The maximum absolute atomic E-state index is 13.3. The molecule has 5 heteroatoms. The number of carboxylic acid groups (broad SMARTS) is 1. The minimum Gasteiger partial charge on any atom is -0.478 e. The number of halogens is 1. The molecule has 0 atom stereocenters. The van der Waals surface area contributed by atoms with E-state index < -0.39 is 5.97 Å². The van der Waals surface area contributed by atoms with Crippen LogP contribution in [0.4, 0.5) is 5.69 Å². The Hall–Kier alpha value is -2.40. The van der Waals surface area contributed by atoms with Gasteiger partial charge in [-0.25, -0.2) is 4.79 Å². The summed E-state index contributed by atoms with van der Waals surface area (Å²) in [5.41, 5.74) is 2.55. The Bertz CT molecular complexity index is 832. The number of hydrogen-bond donors (Lipinski definition) is 1. The molecule has 0 bridgehead atoms. The molecule has 0 aliphatic heterocycles. The van der Waals surface area contributed by atoms with Crippen LogP contribution in [0, 0.1) is 5.92 Å². The van der Waals surface area contributed by atoms with Gasteiger partial charge in [0.15, 0.2) is 0 Å². The number of nitrogens with zero attached hydrogens (tertiary/aromatic N) is 1. The van der Waals surface area contributed by atoms with Crippen LogP contribution in [0.5, 0.6) is 0 Å². The van der Waals surface area contributed by atoms with Crippen molar-refractivity contribution < 1.29 is 14.7 Å². The molecule has 1 N–H and O–H groups in total. The number of amides is 1. The number of hydrogen-bond acceptors (Lipinski definition) is 2. The van der Waals surface area contributed by atoms with Gasteiger partial charge in [0, 0.05) is 22.2 Å². The first-order valence-electron chi connectivity index (χ1n) is 9.88. The van der Waals surface area contributed by atoms with Gasteiger partial charge >= 0.3 is 5.97 Å². The lowest BCUT2D eigenvalue weighted by molar-refractivity contribution is -0.131. The quantitative estimate of drug-likeness (QED) is 0.381. The average molecular weight is 458 g/mol. The van der Waals surface area contributed by atoms with Gasteiger partial charge in [-0.2, -0.15) is 0 Å². The molecule has 1 aliphatic carbocycles. The first kappa shape index (κ1) is 22.9. The van der Waals surface area contributed by atoms with Crippen molar-refractivity contribution in [2.24, 2.45) is 5.92 Å². The summed E-state index contributed by atoms with van der Waals surface area (Å²) in [6, 6.07) is 7.78. The third-order valence-corrected chi connectivity index (χ3v) is 5.49. The standard InChI is InChI=1S/C24H28BrNO3/c1-3-19(14-12-18(2)13-15-23(27)28)17-26(22-11-7-10-21(25)16-22)24(29)20-8-5-4-6-9-20/h3,7,10-16,20H,1,4-6,8-9,17H2,2H3,(H,27,28)/b15-13+,18-12+,19-14+. The van der Waals surface area contributed by atoms with Crippen molar-refractivity contribution in [2.75, 3.05) is 11.4 Å². The van der Waals surface area contributed by atoms with E-state index >= 15 is 0 Å². The molecule has 1 aliphatic rings. The summed E-state index contributed by atoms with van der Waals surface area (Å²) in [5, 5.41) is 8.74. The zero-order valence-electron chi connectivity index (χ0n) is 16.8. The zero-order chi connectivity index (χ0) is 21.2. The van der Waals surface area contributed by atoms with Crippen LogP contribution < -0.4 is 4.90 Å². The summed E-state index contributed by atoms with van der Waals surface area (Å²) in [6.45, 7) is 6.14. The number of allylic oxidation sites excluding steroid dienone is 4. The van der Waals surface area contributed by atoms with E-state index in [1.54, 1.807) is 12.2 Å². The van der Waals surface area contributed by atoms with E-state index in [1.165, 1.54) is 6.42 Å². The highest BCUT2D eigenvalue weighted by molar-refractivity contribution is 9.10. The van der Waals surface area contributed by atoms with Crippen molar-refractivity contribution in [2.45, 2.75) is 39.0 Å². The summed E-state index contributed by atoms with van der Waals surface area (Å²) in [6.07, 6.45) is 13.4. The molecule has 1 amide bonds. The van der Waals surface area contributed by atoms with Crippen molar-refractivity contribution in [1.82, 2.24) is 0 Å². The molecule has 29 heavy (non-hydrogen) atoms. The lowest BCUT2D eigenvalue weighted by Crippen LogP contribution is -2.38. The average Bonchev–Trinajstić information content (AvgIpc) is 2.72. The van der Waals surface area contributed by atoms with E-state index in [4.69, 9.17) is 5.11 Å². The molecule has 0 radical (unpaired) electrons. The van der Waals surface area contributed by atoms with Crippen LogP contribution in [0.15, 0.2) is 76.8 Å². The second kappa shape index (κ2) is 11.6. The number of aliphatic carboxylic acids is 1. The van der Waals surface area contributed by atoms with Gasteiger partial charge in [-0.15, -0.1) is 0 Å². The Morgan fingerprint density at radius 2 is 1.93 bits per heavy atom. The highest BCUT2D eigenvalue weighted by Gasteiger charge is 2.27. The molecule has 4 nitrogen and oxygen atoms in total. The molecule has 1 fully saturated rings. The molecule has 154 valence electrons. The number of carboxylic acids is 1. The van der Waals surface area contributed by atoms with Gasteiger partial charge in [0.2, 0.25) is 5.91 Å². The molecule has 1 aromatic carbocycles. The van der Waals surface area contributed by atoms with Crippen LogP contribution in [-0.4, -0.2) is 23.5 Å². The monoisotopic (exact) mass is 457 g/mol. The number of anilines is 1. The van der Waals surface area contributed by atoms with Crippen LogP contribution in [-0.2, 0) is 9.59 Å². The Balaban J connectivity index is 2.28. The topological polar surface area (TPSA) is 57.6 Å². The van der Waals surface area contributed by atoms with Crippen molar-refractivity contribution in [3.05, 3.63) is 76.8 Å². The lowest BCUT2D eigenvalue weighted by Gasteiger charge is -2.30. The number of carbonyl (C=O) groups excluding carboxylic acids is 1. The fourth-order valence-electron chi connectivity index (χ4n) is 3.38. The molecule has 1 aromatic rings. The van der Waals surface area contributed by atoms with Gasteiger partial charge in [0.25, 0.3) is 0 Å². The lowest BCUT2D eigenvalue weighted by atomic mass is 9.88. The molecular formula is C24H28BrNO3. The summed E-state index contributed by atoms with van der Waals surface area (Å²) in [5.74, 6) is -0.767. The molecule has 2 rings (SSSR count). The molecular weight excluding hydrogens is 430 g/mol. The Kier molecular flexibility index (Phi) is 9.13. The highest BCUT2D eigenvalue weighted by Crippen LogP contribution is 2.29. The van der Waals surface area contributed by atoms with Crippen molar-refractivity contribution >= 4 is 33.5 Å². The van der Waals surface area contributed by atoms with E-state index in [1.807, 2.05) is 48.2 Å². The van der Waals surface area contributed by atoms with Gasteiger partial charge in [-0.3, -0.25) is 4.79 Å². The van der Waals surface area contributed by atoms with Gasteiger partial charge < -0.3 is 10.0 Å². The molecule has 0 spiro atoms. The summed E-state index contributed by atoms with van der Waals surface area (Å²) < 4.78 is 0.926. The molecule has 0 unspecified atom stereocenters. The first-order valence-corrected chi connectivity index (χ1v) is 10.7. The molecule has 0 aromatic heterocycles. The Labute approximate surface area is 181 Å². The van der Waals surface area contributed by atoms with Gasteiger partial charge in [0.1, 0.15) is 0 Å². The molecule has 0 heterocycles. The Morgan fingerprint density at radius 1 is 1.21 bits per heavy atom. The predicted molar refractivity (Wildman–Crippen MR) is 122 cm³/mol. The minimum absolute atomic E-state index is 0.0598. The SMILES string of the molecule is C=C\C(=C/C=C(C)/C=C/C(=O)O)CN(C(=O)C1CCCCC1)c1cccc(Br)c1. The van der Waals surface area contributed by atoms with E-state index in [0.29, 0.717) is 6.54 Å². The number of benzene rings is 1. The second-order valence-electron chi connectivity index (χ2n) is 7.27. The maximum Gasteiger partial charge on any atom is 0.328 e. The summed E-state index contributed by atoms with van der Waals surface area (Å²) in [4.78, 5) is 25.8. The van der Waals surface area contributed by atoms with E-state index in [0.717, 1.165) is 53.1 Å². The number of carbonyl (C=O) groups is 2. The fourth-order valence-corrected chi connectivity index (χ4v) is 3.76.